The first-order valence-electron chi connectivity index (χ1n) is 11.4. The van der Waals surface area contributed by atoms with Crippen LogP contribution in [0.4, 0.5) is 5.82 Å². The van der Waals surface area contributed by atoms with Gasteiger partial charge in [-0.3, -0.25) is 15.0 Å². The van der Waals surface area contributed by atoms with Crippen LogP contribution in [0.3, 0.4) is 0 Å². The SMILES string of the molecule is CC1=CC(=O)N(Nc2nc(-c3cccs3)nc3sc(-c4ccc(OCCN(C)C)cc4)c(C)c23)C1=O.Cl. The highest BCUT2D eigenvalue weighted by molar-refractivity contribution is 7.22. The molecule has 0 aliphatic carbocycles. The van der Waals surface area contributed by atoms with Crippen molar-refractivity contribution >= 4 is 62.9 Å². The summed E-state index contributed by atoms with van der Waals surface area (Å²) in [7, 11) is 4.03. The molecule has 8 nitrogen and oxygen atoms in total. The Morgan fingerprint density at radius 2 is 1.84 bits per heavy atom. The number of benzene rings is 1. The molecule has 0 atom stereocenters. The number of nitrogens with one attached hydrogen (secondary N) is 1. The molecule has 0 radical (unpaired) electrons. The van der Waals surface area contributed by atoms with E-state index in [4.69, 9.17) is 14.7 Å². The summed E-state index contributed by atoms with van der Waals surface area (Å²) in [6.45, 7) is 5.09. The normalized spacial score (nSPS) is 13.3. The van der Waals surface area contributed by atoms with Gasteiger partial charge in [0.25, 0.3) is 11.8 Å². The number of aryl methyl sites for hydroxylation is 1. The maximum absolute atomic E-state index is 12.5. The predicted octanol–water partition coefficient (Wildman–Crippen LogP) is 5.40. The number of ether oxygens (including phenoxy) is 1. The van der Waals surface area contributed by atoms with Crippen LogP contribution in [0, 0.1) is 6.92 Å². The van der Waals surface area contributed by atoms with Gasteiger partial charge in [-0.15, -0.1) is 35.1 Å². The number of hydrogen-bond acceptors (Lipinski definition) is 9. The van der Waals surface area contributed by atoms with Gasteiger partial charge in [0.2, 0.25) is 0 Å². The van der Waals surface area contributed by atoms with Crippen molar-refractivity contribution in [2.24, 2.45) is 0 Å². The van der Waals surface area contributed by atoms with Gasteiger partial charge in [-0.25, -0.2) is 9.97 Å². The number of imide groups is 1. The Morgan fingerprint density at radius 1 is 1.08 bits per heavy atom. The van der Waals surface area contributed by atoms with Crippen LogP contribution in [0.5, 0.6) is 5.75 Å². The standard InChI is InChI=1S/C26H25N5O3S2.ClH/c1-15-14-20(32)31(26(15)33)29-24-21-16(2)22(17-7-9-18(10-8-17)34-12-11-30(3)4)36-25(21)28-23(27-24)19-6-5-13-35-19;/h5-10,13-14H,11-12H2,1-4H3,(H,27,28,29);1H. The number of thiophene rings is 2. The maximum Gasteiger partial charge on any atom is 0.275 e. The van der Waals surface area contributed by atoms with Crippen LogP contribution in [-0.4, -0.2) is 58.9 Å². The lowest BCUT2D eigenvalue weighted by molar-refractivity contribution is -0.135. The predicted molar refractivity (Wildman–Crippen MR) is 151 cm³/mol. The van der Waals surface area contributed by atoms with Crippen LogP contribution in [0.1, 0.15) is 12.5 Å². The van der Waals surface area contributed by atoms with Crippen molar-refractivity contribution in [2.45, 2.75) is 13.8 Å². The average Bonchev–Trinajstić information content (AvgIpc) is 3.55. The van der Waals surface area contributed by atoms with E-state index in [9.17, 15) is 9.59 Å². The monoisotopic (exact) mass is 555 g/mol. The van der Waals surface area contributed by atoms with Crippen molar-refractivity contribution < 1.29 is 14.3 Å². The number of rotatable bonds is 8. The summed E-state index contributed by atoms with van der Waals surface area (Å²) < 4.78 is 5.83. The molecule has 0 spiro atoms. The summed E-state index contributed by atoms with van der Waals surface area (Å²) in [6, 6.07) is 11.9. The van der Waals surface area contributed by atoms with E-state index in [1.54, 1.807) is 18.3 Å². The zero-order valence-electron chi connectivity index (χ0n) is 20.8. The van der Waals surface area contributed by atoms with Gasteiger partial charge in [0.05, 0.1) is 10.3 Å². The second-order valence-electron chi connectivity index (χ2n) is 8.70. The molecular weight excluding hydrogens is 530 g/mol. The Kier molecular flexibility index (Phi) is 7.93. The zero-order chi connectivity index (χ0) is 25.4. The molecule has 1 N–H and O–H groups in total. The first-order valence-corrected chi connectivity index (χ1v) is 13.1. The molecule has 37 heavy (non-hydrogen) atoms. The number of likely N-dealkylation sites (N-methyl/N-ethyl adjacent to an activating group) is 1. The largest absolute Gasteiger partial charge is 0.492 e. The Hall–Kier alpha value is -3.31. The van der Waals surface area contributed by atoms with Crippen molar-refractivity contribution in [3.8, 4) is 26.9 Å². The Labute approximate surface area is 229 Å². The van der Waals surface area contributed by atoms with E-state index in [-0.39, 0.29) is 18.3 Å². The molecule has 0 unspecified atom stereocenters. The Bertz CT molecular complexity index is 1480. The van der Waals surface area contributed by atoms with Crippen molar-refractivity contribution in [1.29, 1.82) is 0 Å². The third kappa shape index (κ3) is 5.37. The summed E-state index contributed by atoms with van der Waals surface area (Å²) >= 11 is 3.09. The number of aromatic nitrogens is 2. The number of fused-ring (bicyclic) bond motifs is 1. The molecule has 4 aromatic rings. The van der Waals surface area contributed by atoms with E-state index in [1.165, 1.54) is 17.4 Å². The quantitative estimate of drug-likeness (QED) is 0.291. The molecule has 0 bridgehead atoms. The van der Waals surface area contributed by atoms with Gasteiger partial charge < -0.3 is 9.64 Å². The first kappa shape index (κ1) is 26.7. The second kappa shape index (κ2) is 11.0. The molecule has 5 rings (SSSR count). The maximum atomic E-state index is 12.5. The van der Waals surface area contributed by atoms with Crippen LogP contribution >= 0.6 is 35.1 Å². The topological polar surface area (TPSA) is 87.7 Å². The smallest absolute Gasteiger partial charge is 0.275 e. The fourth-order valence-electron chi connectivity index (χ4n) is 3.86. The first-order chi connectivity index (χ1) is 17.3. The van der Waals surface area contributed by atoms with Gasteiger partial charge in [0.15, 0.2) is 11.6 Å². The van der Waals surface area contributed by atoms with E-state index in [2.05, 4.69) is 10.3 Å². The molecule has 2 amide bonds. The fraction of sp³-hybridized carbons (Fsp3) is 0.231. The minimum atomic E-state index is -0.417. The van der Waals surface area contributed by atoms with Crippen LogP contribution in [0.25, 0.3) is 31.4 Å². The van der Waals surface area contributed by atoms with Gasteiger partial charge in [-0.2, -0.15) is 5.01 Å². The lowest BCUT2D eigenvalue weighted by Gasteiger charge is -2.17. The van der Waals surface area contributed by atoms with Gasteiger partial charge in [0, 0.05) is 23.1 Å². The summed E-state index contributed by atoms with van der Waals surface area (Å²) in [5.41, 5.74) is 5.37. The highest BCUT2D eigenvalue weighted by atomic mass is 35.5. The Morgan fingerprint density at radius 3 is 2.46 bits per heavy atom. The van der Waals surface area contributed by atoms with Gasteiger partial charge in [-0.1, -0.05) is 6.07 Å². The average molecular weight is 556 g/mol. The molecule has 3 aromatic heterocycles. The molecule has 0 fully saturated rings. The van der Waals surface area contributed by atoms with E-state index < -0.39 is 5.91 Å². The van der Waals surface area contributed by atoms with E-state index >= 15 is 0 Å². The number of carbonyl (C=O) groups excluding carboxylic acids is 2. The van der Waals surface area contributed by atoms with Gasteiger partial charge >= 0.3 is 0 Å². The van der Waals surface area contributed by atoms with Crippen molar-refractivity contribution in [2.75, 3.05) is 32.7 Å². The number of carbonyl (C=O) groups is 2. The van der Waals surface area contributed by atoms with Gasteiger partial charge in [0.1, 0.15) is 17.2 Å². The van der Waals surface area contributed by atoms with Crippen LogP contribution in [0.2, 0.25) is 0 Å². The molecule has 1 aromatic carbocycles. The van der Waals surface area contributed by atoms with Crippen LogP contribution in [0.15, 0.2) is 53.4 Å². The van der Waals surface area contributed by atoms with Crippen molar-refractivity contribution in [3.63, 3.8) is 0 Å². The van der Waals surface area contributed by atoms with Crippen molar-refractivity contribution in [3.05, 3.63) is 59.0 Å². The molecule has 192 valence electrons. The fourth-order valence-corrected chi connectivity index (χ4v) is 5.70. The molecule has 1 aliphatic heterocycles. The van der Waals surface area contributed by atoms with E-state index in [0.29, 0.717) is 23.8 Å². The summed E-state index contributed by atoms with van der Waals surface area (Å²) in [5, 5.41) is 3.75. The molecule has 4 heterocycles. The molecule has 0 saturated heterocycles. The number of hydrazine groups is 1. The number of halogens is 1. The van der Waals surface area contributed by atoms with Crippen LogP contribution < -0.4 is 10.2 Å². The van der Waals surface area contributed by atoms with Crippen LogP contribution in [-0.2, 0) is 9.59 Å². The number of anilines is 1. The highest BCUT2D eigenvalue weighted by Gasteiger charge is 2.30. The summed E-state index contributed by atoms with van der Waals surface area (Å²) in [4.78, 5) is 39.3. The number of hydrogen-bond donors (Lipinski definition) is 1. The highest BCUT2D eigenvalue weighted by Crippen LogP contribution is 2.42. The molecule has 11 heteroatoms. The lowest BCUT2D eigenvalue weighted by atomic mass is 10.1. The lowest BCUT2D eigenvalue weighted by Crippen LogP contribution is -2.36. The molecule has 1 aliphatic rings. The molecule has 0 saturated carbocycles. The minimum Gasteiger partial charge on any atom is -0.492 e. The zero-order valence-corrected chi connectivity index (χ0v) is 23.2. The second-order valence-corrected chi connectivity index (χ2v) is 10.7. The summed E-state index contributed by atoms with van der Waals surface area (Å²) in [6.07, 6.45) is 1.32. The minimum absolute atomic E-state index is 0. The van der Waals surface area contributed by atoms with E-state index in [1.807, 2.05) is 62.8 Å². The molecular formula is C26H26ClN5O3S2. The number of amides is 2. The van der Waals surface area contributed by atoms with Gasteiger partial charge in [-0.05, 0) is 74.8 Å². The third-order valence-electron chi connectivity index (χ3n) is 5.77. The summed E-state index contributed by atoms with van der Waals surface area (Å²) in [5.74, 6) is 0.982. The Balaban J connectivity index is 0.00000320. The van der Waals surface area contributed by atoms with E-state index in [0.717, 1.165) is 48.4 Å². The number of nitrogens with zero attached hydrogens (tertiary/aromatic N) is 4. The van der Waals surface area contributed by atoms with Crippen molar-refractivity contribution in [1.82, 2.24) is 19.9 Å². The third-order valence-corrected chi connectivity index (χ3v) is 7.87.